The smallest absolute Gasteiger partial charge is 0.260 e. The summed E-state index contributed by atoms with van der Waals surface area (Å²) in [5, 5.41) is 11.6. The van der Waals surface area contributed by atoms with Crippen LogP contribution >= 0.6 is 0 Å². The molecular formula is C20H20N2O3. The van der Waals surface area contributed by atoms with E-state index in [1.54, 1.807) is 24.2 Å². The lowest BCUT2D eigenvalue weighted by Crippen LogP contribution is -2.31. The van der Waals surface area contributed by atoms with Crippen molar-refractivity contribution in [1.82, 2.24) is 9.88 Å². The van der Waals surface area contributed by atoms with Crippen LogP contribution in [0.15, 0.2) is 54.9 Å². The number of carbonyl (C=O) groups excluding carboxylic acids is 1. The predicted molar refractivity (Wildman–Crippen MR) is 97.6 cm³/mol. The van der Waals surface area contributed by atoms with Gasteiger partial charge in [-0.05, 0) is 47.5 Å². The molecule has 0 aliphatic heterocycles. The highest BCUT2D eigenvalue weighted by Crippen LogP contribution is 2.28. The van der Waals surface area contributed by atoms with Gasteiger partial charge >= 0.3 is 0 Å². The number of amides is 1. The zero-order chi connectivity index (χ0) is 17.8. The Morgan fingerprint density at radius 3 is 2.60 bits per heavy atom. The van der Waals surface area contributed by atoms with Gasteiger partial charge in [0.15, 0.2) is 6.61 Å². The van der Waals surface area contributed by atoms with Crippen LogP contribution in [-0.4, -0.2) is 41.1 Å². The lowest BCUT2D eigenvalue weighted by molar-refractivity contribution is -0.131. The summed E-state index contributed by atoms with van der Waals surface area (Å²) in [6, 6.07) is 13.4. The Bertz CT molecular complexity index is 908. The molecular weight excluding hydrogens is 316 g/mol. The fourth-order valence-corrected chi connectivity index (χ4v) is 2.51. The largest absolute Gasteiger partial charge is 0.506 e. The van der Waals surface area contributed by atoms with E-state index in [0.29, 0.717) is 12.3 Å². The summed E-state index contributed by atoms with van der Waals surface area (Å²) in [5.41, 5.74) is 1.83. The maximum atomic E-state index is 11.8. The Kier molecular flexibility index (Phi) is 4.84. The van der Waals surface area contributed by atoms with Crippen LogP contribution in [0.4, 0.5) is 0 Å². The number of aromatic hydroxyl groups is 1. The second kappa shape index (κ2) is 7.21. The summed E-state index contributed by atoms with van der Waals surface area (Å²) < 4.78 is 5.60. The fourth-order valence-electron chi connectivity index (χ4n) is 2.51. The summed E-state index contributed by atoms with van der Waals surface area (Å²) in [6.07, 6.45) is 3.12. The number of likely N-dealkylation sites (N-methyl/N-ethyl adjacent to an activating group) is 1. The lowest BCUT2D eigenvalue weighted by Gasteiger charge is -2.15. The van der Waals surface area contributed by atoms with E-state index < -0.39 is 0 Å². The van der Waals surface area contributed by atoms with Gasteiger partial charge in [-0.15, -0.1) is 0 Å². The Hall–Kier alpha value is -3.08. The normalized spacial score (nSPS) is 10.6. The van der Waals surface area contributed by atoms with E-state index in [1.165, 1.54) is 6.20 Å². The van der Waals surface area contributed by atoms with Crippen LogP contribution in [0.25, 0.3) is 21.9 Å². The van der Waals surface area contributed by atoms with Crippen molar-refractivity contribution in [2.45, 2.75) is 6.92 Å². The number of fused-ring (bicyclic) bond motifs is 1. The van der Waals surface area contributed by atoms with Crippen LogP contribution in [0.3, 0.4) is 0 Å². The first-order chi connectivity index (χ1) is 12.1. The van der Waals surface area contributed by atoms with Gasteiger partial charge in [-0.1, -0.05) is 18.2 Å². The van der Waals surface area contributed by atoms with Gasteiger partial charge in [0.2, 0.25) is 0 Å². The van der Waals surface area contributed by atoms with Crippen molar-refractivity contribution in [3.05, 3.63) is 54.9 Å². The SMILES string of the molecule is CCN(C)C(=O)COc1ccc2cc(-c3cncc(O)c3)ccc2c1. The number of ether oxygens (including phenoxy) is 1. The number of nitrogens with zero attached hydrogens (tertiary/aromatic N) is 2. The third-order valence-electron chi connectivity index (χ3n) is 4.13. The molecule has 0 spiro atoms. The van der Waals surface area contributed by atoms with Gasteiger partial charge in [0, 0.05) is 25.4 Å². The van der Waals surface area contributed by atoms with E-state index in [-0.39, 0.29) is 18.3 Å². The summed E-state index contributed by atoms with van der Waals surface area (Å²) in [7, 11) is 1.75. The van der Waals surface area contributed by atoms with E-state index in [1.807, 2.05) is 43.3 Å². The standard InChI is InChI=1S/C20H20N2O3/c1-3-22(2)20(24)13-25-19-7-6-14-8-15(4-5-16(14)10-19)17-9-18(23)12-21-11-17/h4-12,23H,3,13H2,1-2H3. The van der Waals surface area contributed by atoms with Crippen molar-refractivity contribution in [3.63, 3.8) is 0 Å². The molecule has 5 nitrogen and oxygen atoms in total. The second-order valence-corrected chi connectivity index (χ2v) is 5.85. The molecule has 3 aromatic rings. The second-order valence-electron chi connectivity index (χ2n) is 5.85. The molecule has 0 aliphatic rings. The maximum absolute atomic E-state index is 11.8. The molecule has 0 aliphatic carbocycles. The van der Waals surface area contributed by atoms with E-state index >= 15 is 0 Å². The van der Waals surface area contributed by atoms with Crippen LogP contribution in [0.5, 0.6) is 11.5 Å². The zero-order valence-corrected chi connectivity index (χ0v) is 14.3. The quantitative estimate of drug-likeness (QED) is 0.775. The molecule has 0 fully saturated rings. The molecule has 5 heteroatoms. The molecule has 0 unspecified atom stereocenters. The minimum absolute atomic E-state index is 0.0306. The molecule has 0 saturated heterocycles. The molecule has 0 radical (unpaired) electrons. The van der Waals surface area contributed by atoms with E-state index in [4.69, 9.17) is 4.74 Å². The molecule has 2 aromatic carbocycles. The summed E-state index contributed by atoms with van der Waals surface area (Å²) in [6.45, 7) is 2.61. The molecule has 1 N–H and O–H groups in total. The first kappa shape index (κ1) is 16.8. The summed E-state index contributed by atoms with van der Waals surface area (Å²) >= 11 is 0. The Morgan fingerprint density at radius 1 is 1.08 bits per heavy atom. The Morgan fingerprint density at radius 2 is 1.84 bits per heavy atom. The van der Waals surface area contributed by atoms with E-state index in [0.717, 1.165) is 21.9 Å². The highest BCUT2D eigenvalue weighted by molar-refractivity contribution is 5.88. The summed E-state index contributed by atoms with van der Waals surface area (Å²) in [5.74, 6) is 0.759. The number of hydrogen-bond donors (Lipinski definition) is 1. The molecule has 128 valence electrons. The molecule has 0 atom stereocenters. The average molecular weight is 336 g/mol. The third kappa shape index (κ3) is 3.88. The Balaban J connectivity index is 1.80. The number of pyridine rings is 1. The van der Waals surface area contributed by atoms with Gasteiger partial charge < -0.3 is 14.7 Å². The lowest BCUT2D eigenvalue weighted by atomic mass is 10.0. The molecule has 1 heterocycles. The van der Waals surface area contributed by atoms with Crippen molar-refractivity contribution in [2.75, 3.05) is 20.2 Å². The van der Waals surface area contributed by atoms with Crippen molar-refractivity contribution < 1.29 is 14.6 Å². The molecule has 3 rings (SSSR count). The van der Waals surface area contributed by atoms with Crippen LogP contribution in [0, 0.1) is 0 Å². The Labute approximate surface area is 146 Å². The van der Waals surface area contributed by atoms with Crippen LogP contribution in [0.2, 0.25) is 0 Å². The monoisotopic (exact) mass is 336 g/mol. The van der Waals surface area contributed by atoms with Crippen molar-refractivity contribution in [3.8, 4) is 22.6 Å². The number of aromatic nitrogens is 1. The highest BCUT2D eigenvalue weighted by Gasteiger charge is 2.08. The van der Waals surface area contributed by atoms with Gasteiger partial charge in [0.25, 0.3) is 5.91 Å². The number of rotatable bonds is 5. The first-order valence-corrected chi connectivity index (χ1v) is 8.12. The van der Waals surface area contributed by atoms with E-state index in [9.17, 15) is 9.90 Å². The minimum Gasteiger partial charge on any atom is -0.506 e. The first-order valence-electron chi connectivity index (χ1n) is 8.12. The fraction of sp³-hybridized carbons (Fsp3) is 0.200. The van der Waals surface area contributed by atoms with Gasteiger partial charge in [0.05, 0.1) is 6.20 Å². The van der Waals surface area contributed by atoms with Gasteiger partial charge in [-0.25, -0.2) is 0 Å². The minimum atomic E-state index is -0.0469. The molecule has 0 saturated carbocycles. The average Bonchev–Trinajstić information content (AvgIpc) is 2.64. The van der Waals surface area contributed by atoms with Crippen LogP contribution in [-0.2, 0) is 4.79 Å². The zero-order valence-electron chi connectivity index (χ0n) is 14.3. The molecule has 25 heavy (non-hydrogen) atoms. The predicted octanol–water partition coefficient (Wildman–Crippen LogP) is 3.46. The van der Waals surface area contributed by atoms with Crippen molar-refractivity contribution >= 4 is 16.7 Å². The third-order valence-corrected chi connectivity index (χ3v) is 4.13. The maximum Gasteiger partial charge on any atom is 0.260 e. The van der Waals surface area contributed by atoms with Gasteiger partial charge in [0.1, 0.15) is 11.5 Å². The molecule has 1 aromatic heterocycles. The van der Waals surface area contributed by atoms with E-state index in [2.05, 4.69) is 4.98 Å². The summed E-state index contributed by atoms with van der Waals surface area (Å²) in [4.78, 5) is 17.4. The molecule has 0 bridgehead atoms. The van der Waals surface area contributed by atoms with Crippen molar-refractivity contribution in [1.29, 1.82) is 0 Å². The van der Waals surface area contributed by atoms with Crippen molar-refractivity contribution in [2.24, 2.45) is 0 Å². The topological polar surface area (TPSA) is 62.7 Å². The van der Waals surface area contributed by atoms with Gasteiger partial charge in [-0.2, -0.15) is 0 Å². The van der Waals surface area contributed by atoms with Crippen LogP contribution < -0.4 is 4.74 Å². The van der Waals surface area contributed by atoms with Crippen LogP contribution in [0.1, 0.15) is 6.92 Å². The highest BCUT2D eigenvalue weighted by atomic mass is 16.5. The number of hydrogen-bond acceptors (Lipinski definition) is 4. The number of benzene rings is 2. The van der Waals surface area contributed by atoms with Gasteiger partial charge in [-0.3, -0.25) is 9.78 Å². The number of carbonyl (C=O) groups is 1. The molecule has 1 amide bonds.